The van der Waals surface area contributed by atoms with E-state index in [0.29, 0.717) is 23.8 Å². The molecule has 0 aliphatic carbocycles. The van der Waals surface area contributed by atoms with E-state index in [2.05, 4.69) is 5.32 Å². The van der Waals surface area contributed by atoms with Gasteiger partial charge in [-0.3, -0.25) is 9.59 Å². The van der Waals surface area contributed by atoms with Crippen molar-refractivity contribution < 1.29 is 24.2 Å². The number of carbonyl (C=O) groups excluding carboxylic acids is 1. The van der Waals surface area contributed by atoms with Gasteiger partial charge in [0.25, 0.3) is 5.91 Å². The van der Waals surface area contributed by atoms with E-state index in [1.807, 2.05) is 13.8 Å². The molecule has 0 saturated heterocycles. The summed E-state index contributed by atoms with van der Waals surface area (Å²) in [7, 11) is 1.46. The average Bonchev–Trinajstić information content (AvgIpc) is 2.44. The van der Waals surface area contributed by atoms with Crippen LogP contribution in [0.2, 0.25) is 0 Å². The molecule has 0 aromatic heterocycles. The molecule has 0 heterocycles. The topological polar surface area (TPSA) is 84.9 Å². The first kappa shape index (κ1) is 19.0. The minimum atomic E-state index is -1.00. The fraction of sp³-hybridized carbons (Fsp3) is 0.529. The zero-order chi connectivity index (χ0) is 17.5. The fourth-order valence-electron chi connectivity index (χ4n) is 2.12. The number of rotatable bonds is 9. The van der Waals surface area contributed by atoms with Gasteiger partial charge in [0.15, 0.2) is 0 Å². The van der Waals surface area contributed by atoms with Crippen LogP contribution in [0.15, 0.2) is 24.3 Å². The number of hydrogen-bond donors (Lipinski definition) is 2. The van der Waals surface area contributed by atoms with Crippen LogP contribution in [0.4, 0.5) is 0 Å². The van der Waals surface area contributed by atoms with Crippen molar-refractivity contribution in [1.82, 2.24) is 5.32 Å². The Labute approximate surface area is 136 Å². The number of carboxylic acid groups (broad SMARTS) is 1. The molecule has 0 bridgehead atoms. The first-order chi connectivity index (χ1) is 10.8. The molecule has 0 saturated carbocycles. The predicted octanol–water partition coefficient (Wildman–Crippen LogP) is 2.33. The van der Waals surface area contributed by atoms with Crippen LogP contribution >= 0.6 is 0 Å². The summed E-state index contributed by atoms with van der Waals surface area (Å²) >= 11 is 0. The molecular formula is C17H25NO5. The lowest BCUT2D eigenvalue weighted by molar-refractivity contribution is -0.139. The van der Waals surface area contributed by atoms with Crippen molar-refractivity contribution in [2.45, 2.75) is 32.7 Å². The average molecular weight is 323 g/mol. The SMILES string of the molecule is COCC(C)(CC(=O)O)NC(=O)c1cccc(OCC(C)C)c1. The number of benzene rings is 1. The number of hydrogen-bond acceptors (Lipinski definition) is 4. The van der Waals surface area contributed by atoms with Gasteiger partial charge in [0.2, 0.25) is 0 Å². The predicted molar refractivity (Wildman–Crippen MR) is 86.8 cm³/mol. The van der Waals surface area contributed by atoms with Crippen LogP contribution in [0.3, 0.4) is 0 Å². The van der Waals surface area contributed by atoms with E-state index in [4.69, 9.17) is 14.6 Å². The number of aliphatic carboxylic acids is 1. The Balaban J connectivity index is 2.82. The normalized spacial score (nSPS) is 13.4. The third kappa shape index (κ3) is 6.69. The monoisotopic (exact) mass is 323 g/mol. The van der Waals surface area contributed by atoms with Crippen LogP contribution in [0.1, 0.15) is 37.6 Å². The Hall–Kier alpha value is -2.08. The fourth-order valence-corrected chi connectivity index (χ4v) is 2.12. The zero-order valence-electron chi connectivity index (χ0n) is 14.1. The molecule has 1 unspecified atom stereocenters. The van der Waals surface area contributed by atoms with Gasteiger partial charge in [0.05, 0.1) is 25.2 Å². The van der Waals surface area contributed by atoms with Crippen LogP contribution in [0, 0.1) is 5.92 Å². The Morgan fingerprint density at radius 1 is 1.35 bits per heavy atom. The third-order valence-electron chi connectivity index (χ3n) is 3.10. The quantitative estimate of drug-likeness (QED) is 0.728. The van der Waals surface area contributed by atoms with E-state index < -0.39 is 11.5 Å². The summed E-state index contributed by atoms with van der Waals surface area (Å²) in [6.45, 7) is 6.39. The lowest BCUT2D eigenvalue weighted by atomic mass is 9.98. The van der Waals surface area contributed by atoms with Gasteiger partial charge >= 0.3 is 5.97 Å². The summed E-state index contributed by atoms with van der Waals surface area (Å²) in [5.41, 5.74) is -0.564. The largest absolute Gasteiger partial charge is 0.493 e. The molecule has 1 amide bonds. The highest BCUT2D eigenvalue weighted by Gasteiger charge is 2.30. The van der Waals surface area contributed by atoms with Crippen molar-refractivity contribution in [2.24, 2.45) is 5.92 Å². The lowest BCUT2D eigenvalue weighted by Crippen LogP contribution is -2.50. The molecule has 0 aliphatic heterocycles. The molecule has 0 fully saturated rings. The van der Waals surface area contributed by atoms with Gasteiger partial charge in [0, 0.05) is 12.7 Å². The third-order valence-corrected chi connectivity index (χ3v) is 3.10. The molecule has 23 heavy (non-hydrogen) atoms. The second-order valence-corrected chi connectivity index (χ2v) is 6.25. The van der Waals surface area contributed by atoms with Crippen molar-refractivity contribution >= 4 is 11.9 Å². The molecule has 6 nitrogen and oxygen atoms in total. The van der Waals surface area contributed by atoms with Crippen LogP contribution in [-0.2, 0) is 9.53 Å². The summed E-state index contributed by atoms with van der Waals surface area (Å²) in [6.07, 6.45) is -0.226. The Kier molecular flexibility index (Phi) is 7.03. The number of methoxy groups -OCH3 is 1. The first-order valence-corrected chi connectivity index (χ1v) is 7.52. The minimum Gasteiger partial charge on any atom is -0.493 e. The molecule has 0 radical (unpaired) electrons. The second-order valence-electron chi connectivity index (χ2n) is 6.25. The summed E-state index contributed by atoms with van der Waals surface area (Å²) in [5, 5.41) is 11.7. The molecule has 128 valence electrons. The van der Waals surface area contributed by atoms with Gasteiger partial charge in [0.1, 0.15) is 5.75 Å². The summed E-state index contributed by atoms with van der Waals surface area (Å²) < 4.78 is 10.6. The van der Waals surface area contributed by atoms with E-state index in [1.165, 1.54) is 7.11 Å². The number of amides is 1. The van der Waals surface area contributed by atoms with E-state index in [-0.39, 0.29) is 18.9 Å². The van der Waals surface area contributed by atoms with Gasteiger partial charge in [-0.1, -0.05) is 19.9 Å². The van der Waals surface area contributed by atoms with Gasteiger partial charge < -0.3 is 19.9 Å². The maximum absolute atomic E-state index is 12.4. The minimum absolute atomic E-state index is 0.106. The zero-order valence-corrected chi connectivity index (χ0v) is 14.1. The summed E-state index contributed by atoms with van der Waals surface area (Å²) in [5.74, 6) is -0.370. The Bertz CT molecular complexity index is 544. The van der Waals surface area contributed by atoms with E-state index in [9.17, 15) is 9.59 Å². The molecule has 6 heteroatoms. The van der Waals surface area contributed by atoms with Crippen molar-refractivity contribution in [2.75, 3.05) is 20.3 Å². The highest BCUT2D eigenvalue weighted by atomic mass is 16.5. The van der Waals surface area contributed by atoms with Gasteiger partial charge in [-0.25, -0.2) is 0 Å². The maximum atomic E-state index is 12.4. The molecule has 0 spiro atoms. The smallest absolute Gasteiger partial charge is 0.305 e. The van der Waals surface area contributed by atoms with Gasteiger partial charge in [-0.15, -0.1) is 0 Å². The highest BCUT2D eigenvalue weighted by molar-refractivity contribution is 5.95. The molecule has 1 aromatic rings. The standard InChI is InChI=1S/C17H25NO5/c1-12(2)10-23-14-7-5-6-13(8-14)16(21)18-17(3,11-22-4)9-15(19)20/h5-8,12H,9-11H2,1-4H3,(H,18,21)(H,19,20). The molecule has 0 aliphatic rings. The first-order valence-electron chi connectivity index (χ1n) is 7.52. The van der Waals surface area contributed by atoms with Crippen LogP contribution in [0.5, 0.6) is 5.75 Å². The summed E-state index contributed by atoms with van der Waals surface area (Å²) in [4.78, 5) is 23.4. The molecule has 1 rings (SSSR count). The van der Waals surface area contributed by atoms with Crippen LogP contribution in [-0.4, -0.2) is 42.8 Å². The van der Waals surface area contributed by atoms with Crippen molar-refractivity contribution in [3.8, 4) is 5.75 Å². The lowest BCUT2D eigenvalue weighted by Gasteiger charge is -2.28. The highest BCUT2D eigenvalue weighted by Crippen LogP contribution is 2.17. The number of nitrogens with one attached hydrogen (secondary N) is 1. The molecule has 1 atom stereocenters. The van der Waals surface area contributed by atoms with Crippen LogP contribution < -0.4 is 10.1 Å². The van der Waals surface area contributed by atoms with Crippen molar-refractivity contribution in [3.05, 3.63) is 29.8 Å². The van der Waals surface area contributed by atoms with Crippen molar-refractivity contribution in [1.29, 1.82) is 0 Å². The molecule has 1 aromatic carbocycles. The molecule has 2 N–H and O–H groups in total. The van der Waals surface area contributed by atoms with Crippen LogP contribution in [0.25, 0.3) is 0 Å². The van der Waals surface area contributed by atoms with Gasteiger partial charge in [-0.2, -0.15) is 0 Å². The Morgan fingerprint density at radius 2 is 2.04 bits per heavy atom. The van der Waals surface area contributed by atoms with E-state index >= 15 is 0 Å². The van der Waals surface area contributed by atoms with Crippen molar-refractivity contribution in [3.63, 3.8) is 0 Å². The van der Waals surface area contributed by atoms with Gasteiger partial charge in [-0.05, 0) is 31.0 Å². The number of ether oxygens (including phenoxy) is 2. The Morgan fingerprint density at radius 3 is 2.61 bits per heavy atom. The number of carboxylic acids is 1. The van der Waals surface area contributed by atoms with E-state index in [0.717, 1.165) is 0 Å². The maximum Gasteiger partial charge on any atom is 0.305 e. The molecular weight excluding hydrogens is 298 g/mol. The second kappa shape index (κ2) is 8.53. The summed E-state index contributed by atoms with van der Waals surface area (Å²) in [6, 6.07) is 6.82. The number of carbonyl (C=O) groups is 2. The van der Waals surface area contributed by atoms with E-state index in [1.54, 1.807) is 31.2 Å².